The first-order valence-electron chi connectivity index (χ1n) is 6.87. The van der Waals surface area contributed by atoms with Crippen LogP contribution in [0.25, 0.3) is 0 Å². The van der Waals surface area contributed by atoms with Gasteiger partial charge in [0, 0.05) is 40.7 Å². The van der Waals surface area contributed by atoms with Crippen molar-refractivity contribution in [1.82, 2.24) is 9.80 Å². The number of guanidine groups is 1. The van der Waals surface area contributed by atoms with Crippen LogP contribution in [-0.2, 0) is 0 Å². The highest BCUT2D eigenvalue weighted by molar-refractivity contribution is 14.0. The molecular weight excluding hydrogens is 361 g/mol. The number of hydrogen-bond donors (Lipinski definition) is 0. The first kappa shape index (κ1) is 19.2. The zero-order valence-electron chi connectivity index (χ0n) is 13.5. The van der Waals surface area contributed by atoms with E-state index in [-0.39, 0.29) is 24.0 Å². The SMILES string of the molecule is CC(C)C(CN=C(N(C)C)N(C)C)c1ccccc1.I. The quantitative estimate of drug-likeness (QED) is 0.446. The van der Waals surface area contributed by atoms with Crippen LogP contribution in [-0.4, -0.2) is 50.5 Å². The molecule has 1 aromatic rings. The highest BCUT2D eigenvalue weighted by Gasteiger charge is 2.16. The van der Waals surface area contributed by atoms with Crippen molar-refractivity contribution in [2.24, 2.45) is 10.9 Å². The van der Waals surface area contributed by atoms with Crippen LogP contribution in [0.15, 0.2) is 35.3 Å². The van der Waals surface area contributed by atoms with Crippen LogP contribution in [0.2, 0.25) is 0 Å². The molecule has 1 rings (SSSR count). The molecule has 0 heterocycles. The molecule has 0 spiro atoms. The van der Waals surface area contributed by atoms with Gasteiger partial charge in [0.2, 0.25) is 0 Å². The topological polar surface area (TPSA) is 18.8 Å². The van der Waals surface area contributed by atoms with E-state index in [4.69, 9.17) is 4.99 Å². The third-order valence-corrected chi connectivity index (χ3v) is 3.26. The van der Waals surface area contributed by atoms with Gasteiger partial charge in [-0.15, -0.1) is 24.0 Å². The van der Waals surface area contributed by atoms with Crippen LogP contribution in [0, 0.1) is 5.92 Å². The third-order valence-electron chi connectivity index (χ3n) is 3.26. The fourth-order valence-corrected chi connectivity index (χ4v) is 2.26. The summed E-state index contributed by atoms with van der Waals surface area (Å²) < 4.78 is 0. The Morgan fingerprint density at radius 3 is 1.90 bits per heavy atom. The third kappa shape index (κ3) is 5.69. The van der Waals surface area contributed by atoms with E-state index in [2.05, 4.69) is 54.0 Å². The number of hydrogen-bond acceptors (Lipinski definition) is 1. The Labute approximate surface area is 141 Å². The Morgan fingerprint density at radius 1 is 1.00 bits per heavy atom. The monoisotopic (exact) mass is 389 g/mol. The molecule has 0 amide bonds. The molecular formula is C16H28IN3. The molecule has 3 nitrogen and oxygen atoms in total. The van der Waals surface area contributed by atoms with Gasteiger partial charge in [-0.1, -0.05) is 44.2 Å². The second kappa shape index (κ2) is 9.21. The molecule has 0 aromatic heterocycles. The second-order valence-corrected chi connectivity index (χ2v) is 5.69. The fourth-order valence-electron chi connectivity index (χ4n) is 2.26. The smallest absolute Gasteiger partial charge is 0.195 e. The predicted molar refractivity (Wildman–Crippen MR) is 99.1 cm³/mol. The van der Waals surface area contributed by atoms with Gasteiger partial charge in [0.05, 0.1) is 0 Å². The predicted octanol–water partition coefficient (Wildman–Crippen LogP) is 3.52. The van der Waals surface area contributed by atoms with Crippen molar-refractivity contribution < 1.29 is 0 Å². The molecule has 0 radical (unpaired) electrons. The molecule has 0 N–H and O–H groups in total. The minimum atomic E-state index is 0. The summed E-state index contributed by atoms with van der Waals surface area (Å²) >= 11 is 0. The maximum absolute atomic E-state index is 4.79. The number of rotatable bonds is 4. The molecule has 20 heavy (non-hydrogen) atoms. The Bertz CT molecular complexity index is 389. The molecule has 0 aliphatic heterocycles. The standard InChI is InChI=1S/C16H27N3.HI/c1-13(2)15(14-10-8-7-9-11-14)12-17-16(18(3)4)19(5)6;/h7-11,13,15H,12H2,1-6H3;1H. The minimum absolute atomic E-state index is 0. The van der Waals surface area contributed by atoms with Crippen LogP contribution in [0.5, 0.6) is 0 Å². The van der Waals surface area contributed by atoms with Gasteiger partial charge < -0.3 is 9.80 Å². The summed E-state index contributed by atoms with van der Waals surface area (Å²) in [6.45, 7) is 5.35. The van der Waals surface area contributed by atoms with Crippen LogP contribution in [0.1, 0.15) is 25.3 Å². The molecule has 0 bridgehead atoms. The molecule has 1 aromatic carbocycles. The van der Waals surface area contributed by atoms with E-state index < -0.39 is 0 Å². The van der Waals surface area contributed by atoms with Gasteiger partial charge in [0.1, 0.15) is 0 Å². The summed E-state index contributed by atoms with van der Waals surface area (Å²) in [5.74, 6) is 2.06. The summed E-state index contributed by atoms with van der Waals surface area (Å²) in [5, 5.41) is 0. The number of nitrogens with zero attached hydrogens (tertiary/aromatic N) is 3. The summed E-state index contributed by atoms with van der Waals surface area (Å²) in [4.78, 5) is 8.91. The Morgan fingerprint density at radius 2 is 1.50 bits per heavy atom. The number of halogens is 1. The lowest BCUT2D eigenvalue weighted by Gasteiger charge is -2.25. The lowest BCUT2D eigenvalue weighted by molar-refractivity contribution is 0.462. The molecule has 0 fully saturated rings. The van der Waals surface area contributed by atoms with Gasteiger partial charge in [-0.3, -0.25) is 4.99 Å². The minimum Gasteiger partial charge on any atom is -0.349 e. The van der Waals surface area contributed by atoms with E-state index in [1.165, 1.54) is 5.56 Å². The molecule has 0 saturated carbocycles. The van der Waals surface area contributed by atoms with Crippen molar-refractivity contribution >= 4 is 29.9 Å². The van der Waals surface area contributed by atoms with Gasteiger partial charge in [-0.2, -0.15) is 0 Å². The maximum Gasteiger partial charge on any atom is 0.195 e. The van der Waals surface area contributed by atoms with E-state index in [1.54, 1.807) is 0 Å². The van der Waals surface area contributed by atoms with Crippen molar-refractivity contribution in [3.8, 4) is 0 Å². The zero-order valence-corrected chi connectivity index (χ0v) is 15.8. The van der Waals surface area contributed by atoms with Crippen molar-refractivity contribution in [3.63, 3.8) is 0 Å². The molecule has 114 valence electrons. The summed E-state index contributed by atoms with van der Waals surface area (Å²) in [7, 11) is 8.13. The average Bonchev–Trinajstić information content (AvgIpc) is 2.34. The van der Waals surface area contributed by atoms with Gasteiger partial charge >= 0.3 is 0 Å². The molecule has 1 unspecified atom stereocenters. The van der Waals surface area contributed by atoms with Gasteiger partial charge in [0.15, 0.2) is 5.96 Å². The first-order chi connectivity index (χ1) is 8.93. The van der Waals surface area contributed by atoms with Gasteiger partial charge in [-0.05, 0) is 11.5 Å². The molecule has 1 atom stereocenters. The summed E-state index contributed by atoms with van der Waals surface area (Å²) in [5.41, 5.74) is 1.37. The fraction of sp³-hybridized carbons (Fsp3) is 0.562. The van der Waals surface area contributed by atoms with Crippen LogP contribution in [0.3, 0.4) is 0 Å². The molecule has 0 aliphatic rings. The molecule has 0 saturated heterocycles. The van der Waals surface area contributed by atoms with Crippen LogP contribution >= 0.6 is 24.0 Å². The van der Waals surface area contributed by atoms with Crippen molar-refractivity contribution in [2.75, 3.05) is 34.7 Å². The Kier molecular flexibility index (Phi) is 8.85. The lowest BCUT2D eigenvalue weighted by atomic mass is 9.88. The van der Waals surface area contributed by atoms with Crippen LogP contribution in [0.4, 0.5) is 0 Å². The highest BCUT2D eigenvalue weighted by atomic mass is 127. The van der Waals surface area contributed by atoms with Crippen molar-refractivity contribution in [2.45, 2.75) is 19.8 Å². The second-order valence-electron chi connectivity index (χ2n) is 5.69. The van der Waals surface area contributed by atoms with Crippen molar-refractivity contribution in [1.29, 1.82) is 0 Å². The van der Waals surface area contributed by atoms with E-state index in [1.807, 2.05) is 28.2 Å². The van der Waals surface area contributed by atoms with Crippen molar-refractivity contribution in [3.05, 3.63) is 35.9 Å². The largest absolute Gasteiger partial charge is 0.349 e. The van der Waals surface area contributed by atoms with E-state index in [0.29, 0.717) is 11.8 Å². The molecule has 4 heteroatoms. The molecule has 0 aliphatic carbocycles. The van der Waals surface area contributed by atoms with Gasteiger partial charge in [0.25, 0.3) is 0 Å². The summed E-state index contributed by atoms with van der Waals surface area (Å²) in [6.07, 6.45) is 0. The first-order valence-corrected chi connectivity index (χ1v) is 6.87. The normalized spacial score (nSPS) is 11.6. The Hall–Kier alpha value is -0.780. The Balaban J connectivity index is 0.00000361. The maximum atomic E-state index is 4.79. The van der Waals surface area contributed by atoms with E-state index in [0.717, 1.165) is 12.5 Å². The van der Waals surface area contributed by atoms with E-state index in [9.17, 15) is 0 Å². The highest BCUT2D eigenvalue weighted by Crippen LogP contribution is 2.24. The zero-order chi connectivity index (χ0) is 14.4. The summed E-state index contributed by atoms with van der Waals surface area (Å²) in [6, 6.07) is 10.7. The number of aliphatic imine (C=N–C) groups is 1. The average molecular weight is 389 g/mol. The number of benzene rings is 1. The van der Waals surface area contributed by atoms with Gasteiger partial charge in [-0.25, -0.2) is 0 Å². The lowest BCUT2D eigenvalue weighted by Crippen LogP contribution is -2.36. The van der Waals surface area contributed by atoms with E-state index >= 15 is 0 Å². The van der Waals surface area contributed by atoms with Crippen LogP contribution < -0.4 is 0 Å².